The van der Waals surface area contributed by atoms with E-state index in [-0.39, 0.29) is 5.91 Å². The van der Waals surface area contributed by atoms with Crippen molar-refractivity contribution in [3.05, 3.63) is 40.9 Å². The number of nitrogens with two attached hydrogens (primary N) is 1. The van der Waals surface area contributed by atoms with Crippen molar-refractivity contribution in [3.63, 3.8) is 0 Å². The van der Waals surface area contributed by atoms with Gasteiger partial charge in [-0.25, -0.2) is 0 Å². The molecular weight excluding hydrogens is 236 g/mol. The Bertz CT molecular complexity index is 481. The molecule has 3 N–H and O–H groups in total. The van der Waals surface area contributed by atoms with Gasteiger partial charge in [0.25, 0.3) is 5.91 Å². The van der Waals surface area contributed by atoms with Crippen LogP contribution in [0, 0.1) is 0 Å². The maximum atomic E-state index is 11.5. The molecule has 1 heterocycles. The number of benzene rings is 1. The average molecular weight is 248 g/mol. The Balaban J connectivity index is 1.80. The monoisotopic (exact) mass is 248 g/mol. The van der Waals surface area contributed by atoms with Crippen LogP contribution < -0.4 is 11.1 Å². The molecule has 0 unspecified atom stereocenters. The van der Waals surface area contributed by atoms with Crippen LogP contribution in [0.3, 0.4) is 0 Å². The third kappa shape index (κ3) is 3.25. The van der Waals surface area contributed by atoms with Crippen LogP contribution in [0.2, 0.25) is 0 Å². The molecule has 0 saturated carbocycles. The number of carbonyl (C=O) groups is 1. The van der Waals surface area contributed by atoms with Crippen LogP contribution >= 0.6 is 11.5 Å². The van der Waals surface area contributed by atoms with Gasteiger partial charge in [-0.2, -0.15) is 0 Å². The molecule has 0 bridgehead atoms. The summed E-state index contributed by atoms with van der Waals surface area (Å²) in [7, 11) is 0. The number of nitrogen functional groups attached to an aromatic ring is 1. The zero-order valence-electron chi connectivity index (χ0n) is 9.09. The quantitative estimate of drug-likeness (QED) is 0.794. The maximum absolute atomic E-state index is 11.5. The van der Waals surface area contributed by atoms with Gasteiger partial charge in [-0.05, 0) is 35.6 Å². The van der Waals surface area contributed by atoms with Gasteiger partial charge in [0, 0.05) is 12.2 Å². The van der Waals surface area contributed by atoms with E-state index in [1.54, 1.807) is 0 Å². The lowest BCUT2D eigenvalue weighted by atomic mass is 10.1. The Kier molecular flexibility index (Phi) is 3.66. The lowest BCUT2D eigenvalue weighted by Crippen LogP contribution is -2.24. The summed E-state index contributed by atoms with van der Waals surface area (Å²) < 4.78 is 3.64. The van der Waals surface area contributed by atoms with Gasteiger partial charge in [-0.1, -0.05) is 16.6 Å². The zero-order chi connectivity index (χ0) is 12.1. The fourth-order valence-electron chi connectivity index (χ4n) is 1.36. The van der Waals surface area contributed by atoms with Crippen LogP contribution in [-0.4, -0.2) is 22.0 Å². The molecule has 0 atom stereocenters. The second kappa shape index (κ2) is 5.40. The number of carbonyl (C=O) groups excluding carboxylic acids is 1. The molecule has 0 radical (unpaired) electrons. The summed E-state index contributed by atoms with van der Waals surface area (Å²) in [6.07, 6.45) is 2.24. The molecule has 5 nitrogen and oxygen atoms in total. The van der Waals surface area contributed by atoms with Crippen molar-refractivity contribution in [2.75, 3.05) is 12.3 Å². The highest BCUT2D eigenvalue weighted by Crippen LogP contribution is 2.06. The maximum Gasteiger partial charge on any atom is 0.264 e. The molecule has 17 heavy (non-hydrogen) atoms. The summed E-state index contributed by atoms with van der Waals surface area (Å²) in [6, 6.07) is 7.61. The van der Waals surface area contributed by atoms with E-state index in [2.05, 4.69) is 14.9 Å². The van der Waals surface area contributed by atoms with Crippen LogP contribution in [0.15, 0.2) is 30.5 Å². The summed E-state index contributed by atoms with van der Waals surface area (Å²) in [5, 5.41) is 6.42. The lowest BCUT2D eigenvalue weighted by molar-refractivity contribution is 0.0958. The van der Waals surface area contributed by atoms with Gasteiger partial charge >= 0.3 is 0 Å². The molecule has 0 fully saturated rings. The normalized spacial score (nSPS) is 10.1. The molecule has 6 heteroatoms. The number of hydrogen-bond acceptors (Lipinski definition) is 5. The molecule has 1 aromatic carbocycles. The number of amides is 1. The van der Waals surface area contributed by atoms with Crippen LogP contribution in [0.1, 0.15) is 15.2 Å². The van der Waals surface area contributed by atoms with Gasteiger partial charge in [0.1, 0.15) is 4.88 Å². The van der Waals surface area contributed by atoms with Gasteiger partial charge < -0.3 is 11.1 Å². The first-order chi connectivity index (χ1) is 8.25. The molecule has 0 aliphatic rings. The molecule has 0 aliphatic heterocycles. The highest BCUT2D eigenvalue weighted by molar-refractivity contribution is 7.07. The fourth-order valence-corrected chi connectivity index (χ4v) is 1.79. The number of anilines is 1. The summed E-state index contributed by atoms with van der Waals surface area (Å²) in [4.78, 5) is 12.1. The van der Waals surface area contributed by atoms with Gasteiger partial charge in [-0.15, -0.1) is 5.10 Å². The Morgan fingerprint density at radius 1 is 1.35 bits per heavy atom. The predicted octanol–water partition coefficient (Wildman–Crippen LogP) is 1.09. The van der Waals surface area contributed by atoms with E-state index >= 15 is 0 Å². The van der Waals surface area contributed by atoms with Crippen LogP contribution in [0.4, 0.5) is 5.69 Å². The van der Waals surface area contributed by atoms with Crippen molar-refractivity contribution in [1.82, 2.24) is 14.9 Å². The van der Waals surface area contributed by atoms with Crippen molar-refractivity contribution in [3.8, 4) is 0 Å². The molecule has 88 valence electrons. The van der Waals surface area contributed by atoms with Crippen molar-refractivity contribution < 1.29 is 4.79 Å². The molecule has 2 aromatic rings. The Labute approximate surface area is 103 Å². The van der Waals surface area contributed by atoms with Crippen LogP contribution in [-0.2, 0) is 6.42 Å². The first-order valence-corrected chi connectivity index (χ1v) is 5.93. The van der Waals surface area contributed by atoms with E-state index in [9.17, 15) is 4.79 Å². The molecule has 1 aromatic heterocycles. The molecule has 0 aliphatic carbocycles. The minimum absolute atomic E-state index is 0.129. The number of nitrogens with one attached hydrogen (secondary N) is 1. The van der Waals surface area contributed by atoms with Gasteiger partial charge in [0.2, 0.25) is 0 Å². The van der Waals surface area contributed by atoms with Crippen LogP contribution in [0.25, 0.3) is 0 Å². The largest absolute Gasteiger partial charge is 0.399 e. The molecule has 0 saturated heterocycles. The highest BCUT2D eigenvalue weighted by atomic mass is 32.1. The molecule has 1 amide bonds. The number of nitrogens with zero attached hydrogens (tertiary/aromatic N) is 2. The van der Waals surface area contributed by atoms with E-state index in [0.29, 0.717) is 11.4 Å². The summed E-state index contributed by atoms with van der Waals surface area (Å²) in [5.74, 6) is -0.129. The Morgan fingerprint density at radius 3 is 2.76 bits per heavy atom. The van der Waals surface area contributed by atoms with Gasteiger partial charge in [0.05, 0.1) is 6.20 Å². The third-order valence-corrected chi connectivity index (χ3v) is 2.93. The zero-order valence-corrected chi connectivity index (χ0v) is 9.91. The highest BCUT2D eigenvalue weighted by Gasteiger charge is 2.06. The third-order valence-electron chi connectivity index (χ3n) is 2.26. The van der Waals surface area contributed by atoms with E-state index in [1.165, 1.54) is 6.20 Å². The van der Waals surface area contributed by atoms with E-state index in [0.717, 1.165) is 29.2 Å². The van der Waals surface area contributed by atoms with E-state index < -0.39 is 0 Å². The minimum Gasteiger partial charge on any atom is -0.399 e. The van der Waals surface area contributed by atoms with Crippen molar-refractivity contribution >= 4 is 23.1 Å². The number of hydrogen-bond donors (Lipinski definition) is 2. The second-order valence-electron chi connectivity index (χ2n) is 3.53. The van der Waals surface area contributed by atoms with Crippen molar-refractivity contribution in [2.45, 2.75) is 6.42 Å². The Hall–Kier alpha value is -1.95. The van der Waals surface area contributed by atoms with Crippen LogP contribution in [0.5, 0.6) is 0 Å². The number of rotatable bonds is 4. The topological polar surface area (TPSA) is 80.9 Å². The van der Waals surface area contributed by atoms with Crippen molar-refractivity contribution in [2.24, 2.45) is 0 Å². The minimum atomic E-state index is -0.129. The first kappa shape index (κ1) is 11.5. The molecular formula is C11H12N4OS. The average Bonchev–Trinajstić information content (AvgIpc) is 2.85. The standard InChI is InChI=1S/C11H12N4OS/c12-9-3-1-8(2-4-9)5-6-13-11(16)10-7-14-15-17-10/h1-4,7H,5-6,12H2,(H,13,16). The molecule has 2 rings (SSSR count). The molecule has 0 spiro atoms. The first-order valence-electron chi connectivity index (χ1n) is 5.15. The Morgan fingerprint density at radius 2 is 2.12 bits per heavy atom. The fraction of sp³-hybridized carbons (Fsp3) is 0.182. The second-order valence-corrected chi connectivity index (χ2v) is 4.31. The SMILES string of the molecule is Nc1ccc(CCNC(=O)c2cnns2)cc1. The van der Waals surface area contributed by atoms with E-state index in [1.807, 2.05) is 24.3 Å². The van der Waals surface area contributed by atoms with Gasteiger partial charge in [0.15, 0.2) is 0 Å². The van der Waals surface area contributed by atoms with Crippen molar-refractivity contribution in [1.29, 1.82) is 0 Å². The summed E-state index contributed by atoms with van der Waals surface area (Å²) in [6.45, 7) is 0.584. The summed E-state index contributed by atoms with van der Waals surface area (Å²) >= 11 is 1.09. The lowest BCUT2D eigenvalue weighted by Gasteiger charge is -2.03. The number of aromatic nitrogens is 2. The smallest absolute Gasteiger partial charge is 0.264 e. The predicted molar refractivity (Wildman–Crippen MR) is 66.8 cm³/mol. The van der Waals surface area contributed by atoms with E-state index in [4.69, 9.17) is 5.73 Å². The van der Waals surface area contributed by atoms with Gasteiger partial charge in [-0.3, -0.25) is 4.79 Å². The summed E-state index contributed by atoms with van der Waals surface area (Å²) in [5.41, 5.74) is 7.47.